The zero-order valence-corrected chi connectivity index (χ0v) is 13.2. The normalized spacial score (nSPS) is 19.4. The average Bonchev–Trinajstić information content (AvgIpc) is 2.49. The topological polar surface area (TPSA) is 0 Å². The maximum absolute atomic E-state index is 6.74. The van der Waals surface area contributed by atoms with Crippen molar-refractivity contribution in [3.63, 3.8) is 0 Å². The van der Waals surface area contributed by atoms with Gasteiger partial charge in [-0.2, -0.15) is 0 Å². The van der Waals surface area contributed by atoms with Crippen LogP contribution in [0.5, 0.6) is 0 Å². The van der Waals surface area contributed by atoms with Crippen molar-refractivity contribution in [1.82, 2.24) is 0 Å². The fourth-order valence-electron chi connectivity index (χ4n) is 3.01. The minimum absolute atomic E-state index is 0.0637. The van der Waals surface area contributed by atoms with Crippen molar-refractivity contribution in [3.8, 4) is 0 Å². The van der Waals surface area contributed by atoms with Crippen molar-refractivity contribution in [2.24, 2.45) is 0 Å². The quantitative estimate of drug-likeness (QED) is 0.561. The van der Waals surface area contributed by atoms with Gasteiger partial charge in [0, 0.05) is 5.92 Å². The van der Waals surface area contributed by atoms with E-state index in [1.165, 1.54) is 17.5 Å². The van der Waals surface area contributed by atoms with Crippen molar-refractivity contribution in [1.29, 1.82) is 0 Å². The molecule has 1 aliphatic carbocycles. The second-order valence-corrected chi connectivity index (χ2v) is 6.56. The highest BCUT2D eigenvalue weighted by atomic mass is 35.5. The van der Waals surface area contributed by atoms with Crippen LogP contribution in [0.3, 0.4) is 0 Å². The predicted octanol–water partition coefficient (Wildman–Crippen LogP) is 6.39. The minimum Gasteiger partial charge on any atom is -0.117 e. The molecule has 0 bridgehead atoms. The molecule has 0 radical (unpaired) electrons. The van der Waals surface area contributed by atoms with E-state index in [-0.39, 0.29) is 5.38 Å². The molecule has 104 valence electrons. The summed E-state index contributed by atoms with van der Waals surface area (Å²) in [5, 5.41) is 1.08. The molecule has 20 heavy (non-hydrogen) atoms. The van der Waals surface area contributed by atoms with Crippen molar-refractivity contribution < 1.29 is 0 Å². The Morgan fingerprint density at radius 1 is 1.00 bits per heavy atom. The molecule has 2 atom stereocenters. The molecule has 0 saturated heterocycles. The van der Waals surface area contributed by atoms with E-state index < -0.39 is 0 Å². The summed E-state index contributed by atoms with van der Waals surface area (Å²) >= 11 is 18.8. The Morgan fingerprint density at radius 2 is 1.80 bits per heavy atom. The van der Waals surface area contributed by atoms with E-state index in [4.69, 9.17) is 34.8 Å². The summed E-state index contributed by atoms with van der Waals surface area (Å²) in [6.45, 7) is 0. The fraction of sp³-hybridized carbons (Fsp3) is 0.294. The number of hydrogen-bond acceptors (Lipinski definition) is 0. The molecular weight excluding hydrogens is 311 g/mol. The molecule has 3 rings (SSSR count). The first kappa shape index (κ1) is 14.3. The van der Waals surface area contributed by atoms with Gasteiger partial charge in [0.05, 0.1) is 15.4 Å². The predicted molar refractivity (Wildman–Crippen MR) is 87.2 cm³/mol. The molecule has 0 aliphatic heterocycles. The summed E-state index contributed by atoms with van der Waals surface area (Å²) in [4.78, 5) is 0. The van der Waals surface area contributed by atoms with Crippen LogP contribution in [-0.2, 0) is 6.42 Å². The smallest absolute Gasteiger partial charge is 0.0654 e. The molecule has 0 aromatic heterocycles. The van der Waals surface area contributed by atoms with E-state index in [1.54, 1.807) is 0 Å². The van der Waals surface area contributed by atoms with Crippen LogP contribution < -0.4 is 0 Å². The molecular formula is C17H15Cl3. The Kier molecular flexibility index (Phi) is 4.26. The number of hydrogen-bond donors (Lipinski definition) is 0. The van der Waals surface area contributed by atoms with E-state index in [9.17, 15) is 0 Å². The summed E-state index contributed by atoms with van der Waals surface area (Å²) in [5.74, 6) is 0.346. The zero-order valence-electron chi connectivity index (χ0n) is 11.0. The van der Waals surface area contributed by atoms with Gasteiger partial charge in [0.2, 0.25) is 0 Å². The van der Waals surface area contributed by atoms with Gasteiger partial charge in [-0.05, 0) is 48.1 Å². The van der Waals surface area contributed by atoms with Gasteiger partial charge in [0.1, 0.15) is 0 Å². The van der Waals surface area contributed by atoms with Gasteiger partial charge in [-0.3, -0.25) is 0 Å². The highest BCUT2D eigenvalue weighted by molar-refractivity contribution is 6.42. The number of alkyl halides is 1. The third kappa shape index (κ3) is 2.70. The van der Waals surface area contributed by atoms with Gasteiger partial charge in [0.15, 0.2) is 0 Å². The molecule has 3 heteroatoms. The van der Waals surface area contributed by atoms with Gasteiger partial charge in [-0.1, -0.05) is 53.5 Å². The SMILES string of the molecule is Clc1ccc(C(Cl)C2CCCc3ccccc32)cc1Cl. The van der Waals surface area contributed by atoms with Crippen LogP contribution in [0.15, 0.2) is 42.5 Å². The van der Waals surface area contributed by atoms with Crippen molar-refractivity contribution in [2.45, 2.75) is 30.6 Å². The van der Waals surface area contributed by atoms with E-state index >= 15 is 0 Å². The Labute approximate surface area is 134 Å². The highest BCUT2D eigenvalue weighted by Crippen LogP contribution is 2.44. The zero-order chi connectivity index (χ0) is 14.1. The molecule has 2 aromatic rings. The number of benzene rings is 2. The second-order valence-electron chi connectivity index (χ2n) is 5.27. The van der Waals surface area contributed by atoms with Crippen LogP contribution in [0.4, 0.5) is 0 Å². The Bertz CT molecular complexity index is 621. The lowest BCUT2D eigenvalue weighted by Gasteiger charge is -2.29. The molecule has 0 saturated carbocycles. The Balaban J connectivity index is 1.95. The van der Waals surface area contributed by atoms with Crippen LogP contribution in [0.2, 0.25) is 10.0 Å². The number of halogens is 3. The van der Waals surface area contributed by atoms with Gasteiger partial charge < -0.3 is 0 Å². The highest BCUT2D eigenvalue weighted by Gasteiger charge is 2.27. The van der Waals surface area contributed by atoms with Crippen molar-refractivity contribution in [2.75, 3.05) is 0 Å². The maximum Gasteiger partial charge on any atom is 0.0654 e. The van der Waals surface area contributed by atoms with E-state index in [1.807, 2.05) is 18.2 Å². The van der Waals surface area contributed by atoms with E-state index in [0.29, 0.717) is 16.0 Å². The van der Waals surface area contributed by atoms with Crippen molar-refractivity contribution >= 4 is 34.8 Å². The summed E-state index contributed by atoms with van der Waals surface area (Å²) in [7, 11) is 0. The van der Waals surface area contributed by atoms with Crippen LogP contribution in [0, 0.1) is 0 Å². The molecule has 0 fully saturated rings. The maximum atomic E-state index is 6.74. The Hall–Kier alpha value is -0.690. The lowest BCUT2D eigenvalue weighted by Crippen LogP contribution is -2.14. The summed E-state index contributed by atoms with van der Waals surface area (Å²) in [6, 6.07) is 14.3. The van der Waals surface area contributed by atoms with Crippen LogP contribution in [0.25, 0.3) is 0 Å². The first-order chi connectivity index (χ1) is 9.66. The summed E-state index contributed by atoms with van der Waals surface area (Å²) < 4.78 is 0. The molecule has 1 aliphatic rings. The fourth-order valence-corrected chi connectivity index (χ4v) is 3.72. The molecule has 0 N–H and O–H groups in total. The number of fused-ring (bicyclic) bond motifs is 1. The van der Waals surface area contributed by atoms with Crippen molar-refractivity contribution in [3.05, 3.63) is 69.2 Å². The molecule has 2 aromatic carbocycles. The molecule has 0 spiro atoms. The monoisotopic (exact) mass is 324 g/mol. The number of aryl methyl sites for hydroxylation is 1. The Morgan fingerprint density at radius 3 is 2.60 bits per heavy atom. The lowest BCUT2D eigenvalue weighted by molar-refractivity contribution is 0.539. The van der Waals surface area contributed by atoms with Crippen LogP contribution in [0.1, 0.15) is 40.8 Å². The molecule has 2 unspecified atom stereocenters. The first-order valence-corrected chi connectivity index (χ1v) is 8.03. The van der Waals surface area contributed by atoms with E-state index in [2.05, 4.69) is 24.3 Å². The largest absolute Gasteiger partial charge is 0.117 e. The summed E-state index contributed by atoms with van der Waals surface area (Å²) in [6.07, 6.45) is 3.45. The number of rotatable bonds is 2. The van der Waals surface area contributed by atoms with E-state index in [0.717, 1.165) is 18.4 Å². The molecule has 0 amide bonds. The van der Waals surface area contributed by atoms with Crippen LogP contribution in [-0.4, -0.2) is 0 Å². The van der Waals surface area contributed by atoms with Crippen LogP contribution >= 0.6 is 34.8 Å². The van der Waals surface area contributed by atoms with Gasteiger partial charge in [-0.15, -0.1) is 11.6 Å². The second kappa shape index (κ2) is 5.97. The molecule has 0 nitrogen and oxygen atoms in total. The van der Waals surface area contributed by atoms with Gasteiger partial charge >= 0.3 is 0 Å². The van der Waals surface area contributed by atoms with Gasteiger partial charge in [0.25, 0.3) is 0 Å². The first-order valence-electron chi connectivity index (χ1n) is 6.83. The third-order valence-electron chi connectivity index (χ3n) is 4.03. The lowest BCUT2D eigenvalue weighted by atomic mass is 9.79. The average molecular weight is 326 g/mol. The van der Waals surface area contributed by atoms with Gasteiger partial charge in [-0.25, -0.2) is 0 Å². The minimum atomic E-state index is -0.0637. The third-order valence-corrected chi connectivity index (χ3v) is 5.33. The molecule has 0 heterocycles. The standard InChI is InChI=1S/C17H15Cl3/c18-15-9-8-12(10-16(15)19)17(20)14-7-3-5-11-4-1-2-6-13(11)14/h1-2,4,6,8-10,14,17H,3,5,7H2. The summed E-state index contributed by atoms with van der Waals surface area (Å²) in [5.41, 5.74) is 3.85.